The minimum absolute atomic E-state index is 0.00226. The highest BCUT2D eigenvalue weighted by Gasteiger charge is 2.29. The van der Waals surface area contributed by atoms with Crippen LogP contribution in [0.1, 0.15) is 50.9 Å². The van der Waals surface area contributed by atoms with E-state index in [1.807, 2.05) is 40.1 Å². The summed E-state index contributed by atoms with van der Waals surface area (Å²) in [5.41, 5.74) is 1.06. The van der Waals surface area contributed by atoms with Crippen LogP contribution in [0.3, 0.4) is 0 Å². The number of benzene rings is 1. The predicted molar refractivity (Wildman–Crippen MR) is 117 cm³/mol. The number of hydrogen-bond donors (Lipinski definition) is 1. The Hall–Kier alpha value is -2.90. The molecule has 0 bridgehead atoms. The number of carbonyl (C=O) groups is 2. The summed E-state index contributed by atoms with van der Waals surface area (Å²) < 4.78 is 5.30. The normalized spacial score (nSPS) is 16.4. The highest BCUT2D eigenvalue weighted by Crippen LogP contribution is 2.17. The third-order valence-electron chi connectivity index (χ3n) is 5.48. The summed E-state index contributed by atoms with van der Waals surface area (Å²) in [6.07, 6.45) is 3.04. The summed E-state index contributed by atoms with van der Waals surface area (Å²) in [6.45, 7) is 8.03. The fourth-order valence-corrected chi connectivity index (χ4v) is 3.92. The third-order valence-corrected chi connectivity index (χ3v) is 5.48. The van der Waals surface area contributed by atoms with Crippen LogP contribution in [0.5, 0.6) is 0 Å². The molecule has 0 spiro atoms. The molecule has 2 aromatic rings. The van der Waals surface area contributed by atoms with Crippen LogP contribution in [0.25, 0.3) is 0 Å². The second kappa shape index (κ2) is 10.9. The number of hydrogen-bond acceptors (Lipinski definition) is 5. The van der Waals surface area contributed by atoms with E-state index in [0.717, 1.165) is 24.8 Å². The topological polar surface area (TPSA) is 91.6 Å². The summed E-state index contributed by atoms with van der Waals surface area (Å²) in [6, 6.07) is 9.75. The molecule has 1 aliphatic rings. The lowest BCUT2D eigenvalue weighted by Gasteiger charge is -2.39. The van der Waals surface area contributed by atoms with Gasteiger partial charge in [-0.15, -0.1) is 0 Å². The smallest absolute Gasteiger partial charge is 0.317 e. The molecule has 1 aromatic heterocycles. The fourth-order valence-electron chi connectivity index (χ4n) is 3.92. The maximum absolute atomic E-state index is 12.7. The van der Waals surface area contributed by atoms with E-state index in [0.29, 0.717) is 50.2 Å². The molecule has 1 saturated heterocycles. The van der Waals surface area contributed by atoms with Crippen molar-refractivity contribution in [2.45, 2.75) is 59.0 Å². The SMILES string of the molecule is CC(=O)N(CCc1noc(CC(C)C)n1)C1CCCN(C(=O)NCc2ccccc2)C1. The van der Waals surface area contributed by atoms with Crippen molar-refractivity contribution in [3.63, 3.8) is 0 Å². The first-order chi connectivity index (χ1) is 14.9. The molecule has 0 aliphatic carbocycles. The summed E-state index contributed by atoms with van der Waals surface area (Å²) in [5.74, 6) is 1.71. The monoisotopic (exact) mass is 427 g/mol. The van der Waals surface area contributed by atoms with Crippen LogP contribution in [-0.4, -0.2) is 57.6 Å². The Labute approximate surface area is 184 Å². The average molecular weight is 428 g/mol. The molecule has 0 radical (unpaired) electrons. The van der Waals surface area contributed by atoms with Crippen molar-refractivity contribution in [3.8, 4) is 0 Å². The fraction of sp³-hybridized carbons (Fsp3) is 0.565. The van der Waals surface area contributed by atoms with Crippen LogP contribution in [0.4, 0.5) is 4.79 Å². The lowest BCUT2D eigenvalue weighted by molar-refractivity contribution is -0.132. The molecule has 1 fully saturated rings. The Balaban J connectivity index is 1.53. The molecule has 1 aromatic carbocycles. The van der Waals surface area contributed by atoms with Gasteiger partial charge < -0.3 is 19.6 Å². The van der Waals surface area contributed by atoms with Crippen molar-refractivity contribution in [1.29, 1.82) is 0 Å². The van der Waals surface area contributed by atoms with Gasteiger partial charge in [0.25, 0.3) is 0 Å². The number of likely N-dealkylation sites (tertiary alicyclic amines) is 1. The number of aromatic nitrogens is 2. The third kappa shape index (κ3) is 6.80. The zero-order valence-electron chi connectivity index (χ0n) is 18.7. The Kier molecular flexibility index (Phi) is 8.03. The zero-order valence-corrected chi connectivity index (χ0v) is 18.7. The van der Waals surface area contributed by atoms with Gasteiger partial charge in [0.2, 0.25) is 11.8 Å². The molecule has 0 saturated carbocycles. The highest BCUT2D eigenvalue weighted by atomic mass is 16.5. The van der Waals surface area contributed by atoms with E-state index in [2.05, 4.69) is 29.3 Å². The van der Waals surface area contributed by atoms with Gasteiger partial charge >= 0.3 is 6.03 Å². The van der Waals surface area contributed by atoms with Crippen LogP contribution in [-0.2, 0) is 24.2 Å². The molecule has 1 unspecified atom stereocenters. The van der Waals surface area contributed by atoms with Crippen molar-refractivity contribution < 1.29 is 14.1 Å². The number of nitrogens with one attached hydrogen (secondary N) is 1. The maximum Gasteiger partial charge on any atom is 0.317 e. The number of piperidine rings is 1. The van der Waals surface area contributed by atoms with Crippen LogP contribution in [0.2, 0.25) is 0 Å². The van der Waals surface area contributed by atoms with Gasteiger partial charge in [-0.05, 0) is 24.3 Å². The lowest BCUT2D eigenvalue weighted by atomic mass is 10.0. The molecule has 1 atom stereocenters. The van der Waals surface area contributed by atoms with E-state index in [4.69, 9.17) is 4.52 Å². The highest BCUT2D eigenvalue weighted by molar-refractivity contribution is 5.75. The van der Waals surface area contributed by atoms with Gasteiger partial charge in [-0.2, -0.15) is 4.98 Å². The largest absolute Gasteiger partial charge is 0.339 e. The van der Waals surface area contributed by atoms with Crippen molar-refractivity contribution in [1.82, 2.24) is 25.3 Å². The van der Waals surface area contributed by atoms with Crippen LogP contribution < -0.4 is 5.32 Å². The molecule has 31 heavy (non-hydrogen) atoms. The number of amides is 3. The van der Waals surface area contributed by atoms with Gasteiger partial charge in [-0.3, -0.25) is 4.79 Å². The first-order valence-electron chi connectivity index (χ1n) is 11.1. The van der Waals surface area contributed by atoms with E-state index in [1.165, 1.54) is 0 Å². The minimum atomic E-state index is -0.0893. The molecule has 168 valence electrons. The predicted octanol–water partition coefficient (Wildman–Crippen LogP) is 3.03. The molecule has 3 amide bonds. The second-order valence-electron chi connectivity index (χ2n) is 8.55. The second-order valence-corrected chi connectivity index (χ2v) is 8.55. The zero-order chi connectivity index (χ0) is 22.2. The molecule has 8 heteroatoms. The Morgan fingerprint density at radius 1 is 1.29 bits per heavy atom. The summed E-state index contributed by atoms with van der Waals surface area (Å²) in [4.78, 5) is 33.1. The van der Waals surface area contributed by atoms with Crippen LogP contribution >= 0.6 is 0 Å². The number of urea groups is 1. The van der Waals surface area contributed by atoms with Gasteiger partial charge in [0, 0.05) is 52.0 Å². The van der Waals surface area contributed by atoms with E-state index >= 15 is 0 Å². The number of rotatable bonds is 8. The molecular formula is C23H33N5O3. The summed E-state index contributed by atoms with van der Waals surface area (Å²) in [5, 5.41) is 7.03. The van der Waals surface area contributed by atoms with Gasteiger partial charge in [0.15, 0.2) is 5.82 Å². The van der Waals surface area contributed by atoms with E-state index in [1.54, 1.807) is 6.92 Å². The first-order valence-corrected chi connectivity index (χ1v) is 11.1. The first kappa shape index (κ1) is 22.8. The van der Waals surface area contributed by atoms with Crippen LogP contribution in [0, 0.1) is 5.92 Å². The standard InChI is InChI=1S/C23H33N5O3/c1-17(2)14-22-25-21(26-31-22)11-13-28(18(3)29)20-10-7-12-27(16-20)23(30)24-15-19-8-5-4-6-9-19/h4-6,8-9,17,20H,7,10-16H2,1-3H3,(H,24,30). The van der Waals surface area contributed by atoms with Crippen molar-refractivity contribution in [3.05, 3.63) is 47.6 Å². The van der Waals surface area contributed by atoms with Crippen molar-refractivity contribution in [2.75, 3.05) is 19.6 Å². The number of carbonyl (C=O) groups excluding carboxylic acids is 2. The minimum Gasteiger partial charge on any atom is -0.339 e. The van der Waals surface area contributed by atoms with Gasteiger partial charge in [-0.25, -0.2) is 4.79 Å². The molecule has 3 rings (SSSR count). The average Bonchev–Trinajstić information content (AvgIpc) is 3.19. The molecule has 8 nitrogen and oxygen atoms in total. The molecule has 1 N–H and O–H groups in total. The molecule has 2 heterocycles. The molecular weight excluding hydrogens is 394 g/mol. The quantitative estimate of drug-likeness (QED) is 0.699. The molecule has 1 aliphatic heterocycles. The Bertz CT molecular complexity index is 852. The summed E-state index contributed by atoms with van der Waals surface area (Å²) in [7, 11) is 0. The van der Waals surface area contributed by atoms with E-state index in [-0.39, 0.29) is 18.0 Å². The van der Waals surface area contributed by atoms with Crippen molar-refractivity contribution >= 4 is 11.9 Å². The van der Waals surface area contributed by atoms with Crippen LogP contribution in [0.15, 0.2) is 34.9 Å². The maximum atomic E-state index is 12.7. The van der Waals surface area contributed by atoms with Crippen molar-refractivity contribution in [2.24, 2.45) is 5.92 Å². The van der Waals surface area contributed by atoms with Gasteiger partial charge in [0.05, 0.1) is 0 Å². The Morgan fingerprint density at radius 3 is 2.77 bits per heavy atom. The lowest BCUT2D eigenvalue weighted by Crippen LogP contribution is -2.53. The van der Waals surface area contributed by atoms with E-state index < -0.39 is 0 Å². The van der Waals surface area contributed by atoms with E-state index in [9.17, 15) is 9.59 Å². The Morgan fingerprint density at radius 2 is 2.06 bits per heavy atom. The summed E-state index contributed by atoms with van der Waals surface area (Å²) >= 11 is 0. The number of nitrogens with zero attached hydrogens (tertiary/aromatic N) is 4. The van der Waals surface area contributed by atoms with Gasteiger partial charge in [0.1, 0.15) is 0 Å². The van der Waals surface area contributed by atoms with Gasteiger partial charge in [-0.1, -0.05) is 49.3 Å².